The van der Waals surface area contributed by atoms with E-state index in [2.05, 4.69) is 25.7 Å². The summed E-state index contributed by atoms with van der Waals surface area (Å²) in [5.74, 6) is 1.26. The number of nitrogens with one attached hydrogen (secondary N) is 1. The van der Waals surface area contributed by atoms with Gasteiger partial charge in [0, 0.05) is 18.7 Å². The molecule has 1 aromatic heterocycles. The van der Waals surface area contributed by atoms with Crippen molar-refractivity contribution in [1.82, 2.24) is 30.4 Å². The zero-order valence-electron chi connectivity index (χ0n) is 14.4. The first-order valence-electron chi connectivity index (χ1n) is 8.01. The monoisotopic (exact) mass is 332 g/mol. The number of aryl methyl sites for hydroxylation is 1. The molecule has 1 N–H and O–H groups in total. The van der Waals surface area contributed by atoms with Gasteiger partial charge in [-0.15, -0.1) is 5.10 Å². The molecule has 8 nitrogen and oxygen atoms in total. The predicted molar refractivity (Wildman–Crippen MR) is 89.8 cm³/mol. The molecule has 1 amide bonds. The van der Waals surface area contributed by atoms with Crippen molar-refractivity contribution in [3.05, 3.63) is 35.7 Å². The molecule has 2 rings (SSSR count). The van der Waals surface area contributed by atoms with E-state index in [9.17, 15) is 4.79 Å². The van der Waals surface area contributed by atoms with Crippen LogP contribution in [0.3, 0.4) is 0 Å². The summed E-state index contributed by atoms with van der Waals surface area (Å²) in [6.07, 6.45) is 0.923. The van der Waals surface area contributed by atoms with Crippen molar-refractivity contribution in [3.8, 4) is 5.75 Å². The van der Waals surface area contributed by atoms with Gasteiger partial charge in [-0.1, -0.05) is 0 Å². The van der Waals surface area contributed by atoms with Gasteiger partial charge < -0.3 is 15.0 Å². The van der Waals surface area contributed by atoms with Crippen LogP contribution in [-0.2, 0) is 13.2 Å². The van der Waals surface area contributed by atoms with Gasteiger partial charge in [-0.3, -0.25) is 4.79 Å². The Hall–Kier alpha value is -2.48. The lowest BCUT2D eigenvalue weighted by atomic mass is 10.2. The lowest BCUT2D eigenvalue weighted by Gasteiger charge is -2.10. The van der Waals surface area contributed by atoms with E-state index in [0.717, 1.165) is 13.0 Å². The predicted octanol–water partition coefficient (Wildman–Crippen LogP) is 0.954. The highest BCUT2D eigenvalue weighted by Crippen LogP contribution is 2.13. The van der Waals surface area contributed by atoms with Crippen LogP contribution >= 0.6 is 0 Å². The summed E-state index contributed by atoms with van der Waals surface area (Å²) >= 11 is 0. The Morgan fingerprint density at radius 2 is 2.04 bits per heavy atom. The van der Waals surface area contributed by atoms with Gasteiger partial charge in [0.2, 0.25) is 0 Å². The molecule has 0 radical (unpaired) electrons. The van der Waals surface area contributed by atoms with Crippen LogP contribution in [0.15, 0.2) is 24.3 Å². The number of benzene rings is 1. The molecule has 130 valence electrons. The van der Waals surface area contributed by atoms with Crippen molar-refractivity contribution >= 4 is 5.91 Å². The van der Waals surface area contributed by atoms with Crippen molar-refractivity contribution in [2.45, 2.75) is 26.5 Å². The normalized spacial score (nSPS) is 10.8. The minimum absolute atomic E-state index is 0.0739. The second kappa shape index (κ2) is 8.97. The molecular formula is C16H24N6O2. The molecule has 0 bridgehead atoms. The molecule has 0 saturated carbocycles. The van der Waals surface area contributed by atoms with Crippen molar-refractivity contribution in [1.29, 1.82) is 0 Å². The Morgan fingerprint density at radius 3 is 2.71 bits per heavy atom. The first-order valence-corrected chi connectivity index (χ1v) is 8.01. The van der Waals surface area contributed by atoms with E-state index in [1.54, 1.807) is 28.9 Å². The first kappa shape index (κ1) is 17.9. The van der Waals surface area contributed by atoms with Gasteiger partial charge >= 0.3 is 0 Å². The fraction of sp³-hybridized carbons (Fsp3) is 0.500. The quantitative estimate of drug-likeness (QED) is 0.688. The van der Waals surface area contributed by atoms with Crippen LogP contribution in [0.4, 0.5) is 0 Å². The fourth-order valence-corrected chi connectivity index (χ4v) is 2.12. The SMILES string of the molecule is CCn1nnnc1COc1ccc(C(=O)NCCCN(C)C)cc1. The first-order chi connectivity index (χ1) is 11.6. The molecule has 1 aromatic carbocycles. The Morgan fingerprint density at radius 1 is 1.29 bits per heavy atom. The molecule has 0 fully saturated rings. The van der Waals surface area contributed by atoms with Gasteiger partial charge in [0.25, 0.3) is 5.91 Å². The van der Waals surface area contributed by atoms with Crippen LogP contribution in [0, 0.1) is 0 Å². The second-order valence-corrected chi connectivity index (χ2v) is 5.64. The summed E-state index contributed by atoms with van der Waals surface area (Å²) in [7, 11) is 4.03. The van der Waals surface area contributed by atoms with E-state index in [4.69, 9.17) is 4.74 Å². The Bertz CT molecular complexity index is 638. The molecule has 2 aromatic rings. The van der Waals surface area contributed by atoms with Gasteiger partial charge in [-0.05, 0) is 68.7 Å². The van der Waals surface area contributed by atoms with E-state index in [0.29, 0.717) is 30.2 Å². The molecular weight excluding hydrogens is 308 g/mol. The minimum Gasteiger partial charge on any atom is -0.486 e. The average Bonchev–Trinajstić information content (AvgIpc) is 3.04. The van der Waals surface area contributed by atoms with Crippen LogP contribution in [0.2, 0.25) is 0 Å². The van der Waals surface area contributed by atoms with Gasteiger partial charge in [-0.2, -0.15) is 0 Å². The number of amides is 1. The van der Waals surface area contributed by atoms with E-state index in [1.807, 2.05) is 21.0 Å². The largest absolute Gasteiger partial charge is 0.486 e. The zero-order valence-corrected chi connectivity index (χ0v) is 14.4. The molecule has 0 aliphatic heterocycles. The highest BCUT2D eigenvalue weighted by Gasteiger charge is 2.07. The minimum atomic E-state index is -0.0739. The number of aromatic nitrogens is 4. The van der Waals surface area contributed by atoms with Gasteiger partial charge in [0.1, 0.15) is 12.4 Å². The van der Waals surface area contributed by atoms with Crippen LogP contribution in [0.5, 0.6) is 5.75 Å². The van der Waals surface area contributed by atoms with E-state index >= 15 is 0 Å². The van der Waals surface area contributed by atoms with E-state index < -0.39 is 0 Å². The number of ether oxygens (including phenoxy) is 1. The second-order valence-electron chi connectivity index (χ2n) is 5.64. The van der Waals surface area contributed by atoms with Gasteiger partial charge in [0.15, 0.2) is 5.82 Å². The standard InChI is InChI=1S/C16H24N6O2/c1-4-22-15(18-19-20-22)12-24-14-8-6-13(7-9-14)16(23)17-10-5-11-21(2)3/h6-9H,4-5,10-12H2,1-3H3,(H,17,23). The molecule has 0 saturated heterocycles. The number of carbonyl (C=O) groups is 1. The van der Waals surface area contributed by atoms with Crippen LogP contribution in [0.25, 0.3) is 0 Å². The smallest absolute Gasteiger partial charge is 0.251 e. The lowest BCUT2D eigenvalue weighted by Crippen LogP contribution is -2.27. The van der Waals surface area contributed by atoms with Gasteiger partial charge in [0.05, 0.1) is 0 Å². The van der Waals surface area contributed by atoms with Crippen LogP contribution < -0.4 is 10.1 Å². The number of nitrogens with zero attached hydrogens (tertiary/aromatic N) is 5. The number of hydrogen-bond acceptors (Lipinski definition) is 6. The lowest BCUT2D eigenvalue weighted by molar-refractivity contribution is 0.0952. The summed E-state index contributed by atoms with van der Waals surface area (Å²) in [6.45, 7) is 4.56. The van der Waals surface area contributed by atoms with Crippen LogP contribution in [0.1, 0.15) is 29.5 Å². The molecule has 24 heavy (non-hydrogen) atoms. The third-order valence-corrected chi connectivity index (χ3v) is 3.46. The van der Waals surface area contributed by atoms with Crippen molar-refractivity contribution < 1.29 is 9.53 Å². The fourth-order valence-electron chi connectivity index (χ4n) is 2.12. The molecule has 1 heterocycles. The van der Waals surface area contributed by atoms with E-state index in [1.165, 1.54) is 0 Å². The van der Waals surface area contributed by atoms with Gasteiger partial charge in [-0.25, -0.2) is 4.68 Å². The Balaban J connectivity index is 1.80. The van der Waals surface area contributed by atoms with Crippen molar-refractivity contribution in [2.75, 3.05) is 27.2 Å². The number of tetrazole rings is 1. The average molecular weight is 332 g/mol. The zero-order chi connectivity index (χ0) is 17.4. The molecule has 0 unspecified atom stereocenters. The van der Waals surface area contributed by atoms with Crippen molar-refractivity contribution in [2.24, 2.45) is 0 Å². The molecule has 0 aliphatic rings. The third-order valence-electron chi connectivity index (χ3n) is 3.46. The molecule has 8 heteroatoms. The number of rotatable bonds is 9. The molecule has 0 spiro atoms. The summed E-state index contributed by atoms with van der Waals surface area (Å²) in [5.41, 5.74) is 0.616. The summed E-state index contributed by atoms with van der Waals surface area (Å²) in [5, 5.41) is 14.3. The maximum Gasteiger partial charge on any atom is 0.251 e. The highest BCUT2D eigenvalue weighted by atomic mass is 16.5. The summed E-state index contributed by atoms with van der Waals surface area (Å²) < 4.78 is 7.33. The molecule has 0 aliphatic carbocycles. The maximum absolute atomic E-state index is 12.0. The maximum atomic E-state index is 12.0. The summed E-state index contributed by atoms with van der Waals surface area (Å²) in [4.78, 5) is 14.1. The Kier molecular flexibility index (Phi) is 6.68. The topological polar surface area (TPSA) is 85.2 Å². The van der Waals surface area contributed by atoms with E-state index in [-0.39, 0.29) is 12.5 Å². The number of carbonyl (C=O) groups excluding carboxylic acids is 1. The van der Waals surface area contributed by atoms with Crippen LogP contribution in [-0.4, -0.2) is 58.2 Å². The Labute approximate surface area is 141 Å². The summed E-state index contributed by atoms with van der Waals surface area (Å²) in [6, 6.07) is 7.04. The third kappa shape index (κ3) is 5.31. The number of hydrogen-bond donors (Lipinski definition) is 1. The van der Waals surface area contributed by atoms with Crippen molar-refractivity contribution in [3.63, 3.8) is 0 Å². The molecule has 0 atom stereocenters. The highest BCUT2D eigenvalue weighted by molar-refractivity contribution is 5.94.